The van der Waals surface area contributed by atoms with E-state index >= 15 is 0 Å². The van der Waals surface area contributed by atoms with Crippen LogP contribution < -0.4 is 4.74 Å². The summed E-state index contributed by atoms with van der Waals surface area (Å²) in [6.07, 6.45) is -0.776. The van der Waals surface area contributed by atoms with E-state index in [9.17, 15) is 9.50 Å². The second-order valence-corrected chi connectivity index (χ2v) is 5.87. The maximum atomic E-state index is 13.2. The zero-order valence-electron chi connectivity index (χ0n) is 11.8. The Morgan fingerprint density at radius 2 is 2.10 bits per heavy atom. The van der Waals surface area contributed by atoms with Gasteiger partial charge in [-0.2, -0.15) is 0 Å². The largest absolute Gasteiger partial charge is 0.487 e. The molecule has 0 spiro atoms. The predicted octanol–water partition coefficient (Wildman–Crippen LogP) is 4.04. The third kappa shape index (κ3) is 3.55. The monoisotopic (exact) mass is 295 g/mol. The van der Waals surface area contributed by atoms with Crippen molar-refractivity contribution in [3.05, 3.63) is 45.7 Å². The van der Waals surface area contributed by atoms with Gasteiger partial charge in [-0.1, -0.05) is 13.8 Å². The van der Waals surface area contributed by atoms with Crippen LogP contribution in [0.2, 0.25) is 0 Å². The highest BCUT2D eigenvalue weighted by atomic mass is 32.1. The Labute approximate surface area is 122 Å². The molecule has 0 unspecified atom stereocenters. The lowest BCUT2D eigenvalue weighted by Gasteiger charge is -2.12. The van der Waals surface area contributed by atoms with Crippen molar-refractivity contribution in [3.63, 3.8) is 0 Å². The van der Waals surface area contributed by atoms with Gasteiger partial charge in [0.05, 0.1) is 16.8 Å². The summed E-state index contributed by atoms with van der Waals surface area (Å²) in [7, 11) is 0. The van der Waals surface area contributed by atoms with Gasteiger partial charge in [-0.15, -0.1) is 11.3 Å². The minimum Gasteiger partial charge on any atom is -0.487 e. The third-order valence-corrected chi connectivity index (χ3v) is 4.05. The van der Waals surface area contributed by atoms with Gasteiger partial charge >= 0.3 is 0 Å². The van der Waals surface area contributed by atoms with Crippen molar-refractivity contribution in [2.24, 2.45) is 0 Å². The van der Waals surface area contributed by atoms with E-state index in [1.807, 2.05) is 5.38 Å². The normalized spacial score (nSPS) is 12.7. The summed E-state index contributed by atoms with van der Waals surface area (Å²) in [5.74, 6) is 0.497. The van der Waals surface area contributed by atoms with Crippen LogP contribution in [0.25, 0.3) is 0 Å². The summed E-state index contributed by atoms with van der Waals surface area (Å²) < 4.78 is 18.8. The molecule has 0 fully saturated rings. The Balaban J connectivity index is 2.10. The van der Waals surface area contributed by atoms with E-state index in [4.69, 9.17) is 4.74 Å². The molecule has 108 valence electrons. The van der Waals surface area contributed by atoms with Gasteiger partial charge in [0.2, 0.25) is 0 Å². The van der Waals surface area contributed by atoms with Crippen LogP contribution in [-0.2, 0) is 6.61 Å². The average Bonchev–Trinajstić information content (AvgIpc) is 2.86. The number of ether oxygens (including phenoxy) is 1. The van der Waals surface area contributed by atoms with Crippen LogP contribution in [-0.4, -0.2) is 10.1 Å². The van der Waals surface area contributed by atoms with E-state index in [-0.39, 0.29) is 5.82 Å². The summed E-state index contributed by atoms with van der Waals surface area (Å²) in [5.41, 5.74) is 1.30. The molecule has 20 heavy (non-hydrogen) atoms. The Morgan fingerprint density at radius 1 is 1.35 bits per heavy atom. The van der Waals surface area contributed by atoms with Crippen LogP contribution in [0.5, 0.6) is 5.75 Å². The maximum Gasteiger partial charge on any atom is 0.131 e. The Morgan fingerprint density at radius 3 is 2.70 bits per heavy atom. The van der Waals surface area contributed by atoms with Gasteiger partial charge in [-0.25, -0.2) is 9.37 Å². The molecule has 2 rings (SSSR count). The second-order valence-electron chi connectivity index (χ2n) is 4.98. The number of benzene rings is 1. The number of nitrogens with zero attached hydrogens (tertiary/aromatic N) is 1. The average molecular weight is 295 g/mol. The number of aliphatic hydroxyl groups is 1. The summed E-state index contributed by atoms with van der Waals surface area (Å²) in [6.45, 7) is 6.08. The van der Waals surface area contributed by atoms with Crippen molar-refractivity contribution < 1.29 is 14.2 Å². The lowest BCUT2D eigenvalue weighted by atomic mass is 10.1. The van der Waals surface area contributed by atoms with E-state index in [0.717, 1.165) is 10.7 Å². The second kappa shape index (κ2) is 6.33. The molecule has 0 aliphatic heterocycles. The first kappa shape index (κ1) is 14.9. The minimum absolute atomic E-state index is 0.314. The molecule has 0 radical (unpaired) electrons. The van der Waals surface area contributed by atoms with Gasteiger partial charge in [0.1, 0.15) is 18.2 Å². The fourth-order valence-corrected chi connectivity index (χ4v) is 2.60. The van der Waals surface area contributed by atoms with Crippen molar-refractivity contribution in [2.45, 2.75) is 39.4 Å². The molecule has 0 saturated heterocycles. The third-order valence-electron chi connectivity index (χ3n) is 2.86. The predicted molar refractivity (Wildman–Crippen MR) is 77.6 cm³/mol. The quantitative estimate of drug-likeness (QED) is 0.905. The van der Waals surface area contributed by atoms with Crippen molar-refractivity contribution in [2.75, 3.05) is 0 Å². The fourth-order valence-electron chi connectivity index (χ4n) is 1.78. The molecule has 1 aromatic heterocycles. The molecule has 0 saturated carbocycles. The Hall–Kier alpha value is -1.46. The first-order valence-corrected chi connectivity index (χ1v) is 7.40. The van der Waals surface area contributed by atoms with E-state index in [2.05, 4.69) is 18.8 Å². The van der Waals surface area contributed by atoms with E-state index < -0.39 is 6.10 Å². The van der Waals surface area contributed by atoms with Crippen molar-refractivity contribution >= 4 is 11.3 Å². The van der Waals surface area contributed by atoms with E-state index in [1.54, 1.807) is 18.3 Å². The van der Waals surface area contributed by atoms with Crippen molar-refractivity contribution in [1.29, 1.82) is 0 Å². The molecule has 0 aliphatic carbocycles. The van der Waals surface area contributed by atoms with Crippen molar-refractivity contribution in [3.8, 4) is 5.75 Å². The molecule has 3 nitrogen and oxygen atoms in total. The van der Waals surface area contributed by atoms with Crippen LogP contribution in [0, 0.1) is 5.82 Å². The number of halogens is 1. The number of hydrogen-bond acceptors (Lipinski definition) is 4. The molecule has 0 aliphatic rings. The number of thiazole rings is 1. The molecule has 1 heterocycles. The molecule has 5 heteroatoms. The SMILES string of the molecule is CC(C)c1nc(COc2ccc(F)cc2[C@@H](C)O)cs1. The number of hydrogen-bond donors (Lipinski definition) is 1. The molecular formula is C15H18FNO2S. The summed E-state index contributed by atoms with van der Waals surface area (Å²) in [4.78, 5) is 4.47. The van der Waals surface area contributed by atoms with Gasteiger partial charge in [-0.05, 0) is 25.1 Å². The summed E-state index contributed by atoms with van der Waals surface area (Å²) in [6, 6.07) is 4.15. The highest BCUT2D eigenvalue weighted by Crippen LogP contribution is 2.27. The van der Waals surface area contributed by atoms with Crippen LogP contribution in [0.15, 0.2) is 23.6 Å². The molecule has 1 atom stereocenters. The molecule has 0 bridgehead atoms. The van der Waals surface area contributed by atoms with Gasteiger partial charge in [0.15, 0.2) is 0 Å². The minimum atomic E-state index is -0.776. The number of aliphatic hydroxyl groups excluding tert-OH is 1. The lowest BCUT2D eigenvalue weighted by molar-refractivity contribution is 0.189. The highest BCUT2D eigenvalue weighted by molar-refractivity contribution is 7.09. The fraction of sp³-hybridized carbons (Fsp3) is 0.400. The smallest absolute Gasteiger partial charge is 0.131 e. The first-order valence-electron chi connectivity index (χ1n) is 6.52. The highest BCUT2D eigenvalue weighted by Gasteiger charge is 2.12. The van der Waals surface area contributed by atoms with E-state index in [0.29, 0.717) is 23.8 Å². The zero-order chi connectivity index (χ0) is 14.7. The zero-order valence-corrected chi connectivity index (χ0v) is 12.6. The molecule has 1 aromatic carbocycles. The van der Waals surface area contributed by atoms with Crippen LogP contribution in [0.1, 0.15) is 49.1 Å². The first-order chi connectivity index (χ1) is 9.47. The van der Waals surface area contributed by atoms with Crippen LogP contribution >= 0.6 is 11.3 Å². The van der Waals surface area contributed by atoms with Gasteiger partial charge < -0.3 is 9.84 Å². The summed E-state index contributed by atoms with van der Waals surface area (Å²) in [5, 5.41) is 12.7. The molecule has 2 aromatic rings. The van der Waals surface area contributed by atoms with Crippen LogP contribution in [0.3, 0.4) is 0 Å². The number of rotatable bonds is 5. The Kier molecular flexibility index (Phi) is 4.73. The molecule has 0 amide bonds. The lowest BCUT2D eigenvalue weighted by Crippen LogP contribution is -2.02. The van der Waals surface area contributed by atoms with Crippen LogP contribution in [0.4, 0.5) is 4.39 Å². The van der Waals surface area contributed by atoms with Gasteiger partial charge in [-0.3, -0.25) is 0 Å². The topological polar surface area (TPSA) is 42.4 Å². The van der Waals surface area contributed by atoms with Gasteiger partial charge in [0.25, 0.3) is 0 Å². The molecule has 1 N–H and O–H groups in total. The standard InChI is InChI=1S/C15H18FNO2S/c1-9(2)15-17-12(8-20-15)7-19-14-5-4-11(16)6-13(14)10(3)18/h4-6,8-10,18H,7H2,1-3H3/t10-/m1/s1. The molecular weight excluding hydrogens is 277 g/mol. The Bertz CT molecular complexity index is 581. The van der Waals surface area contributed by atoms with Crippen molar-refractivity contribution in [1.82, 2.24) is 4.98 Å². The summed E-state index contributed by atoms with van der Waals surface area (Å²) >= 11 is 1.61. The maximum absolute atomic E-state index is 13.2. The van der Waals surface area contributed by atoms with E-state index in [1.165, 1.54) is 18.2 Å². The number of aromatic nitrogens is 1. The van der Waals surface area contributed by atoms with Gasteiger partial charge in [0, 0.05) is 16.9 Å².